The van der Waals surface area contributed by atoms with Gasteiger partial charge in [-0.2, -0.15) is 5.26 Å². The number of nitrogens with one attached hydrogen (secondary N) is 1. The molecule has 0 spiro atoms. The van der Waals surface area contributed by atoms with Crippen molar-refractivity contribution < 1.29 is 18.3 Å². The Kier molecular flexibility index (Phi) is 5.64. The number of carbonyl (C=O) groups excluding carboxylic acids is 1. The third-order valence-corrected chi connectivity index (χ3v) is 3.89. The van der Waals surface area contributed by atoms with Crippen molar-refractivity contribution in [2.75, 3.05) is 11.9 Å². The summed E-state index contributed by atoms with van der Waals surface area (Å²) < 4.78 is 25.1. The van der Waals surface area contributed by atoms with E-state index < -0.39 is 17.4 Å². The molecule has 0 saturated carbocycles. The average Bonchev–Trinajstić information content (AvgIpc) is 3.19. The van der Waals surface area contributed by atoms with Gasteiger partial charge in [0.05, 0.1) is 6.26 Å². The fourth-order valence-electron chi connectivity index (χ4n) is 2.76. The molecule has 0 amide bonds. The number of carbonyl (C=O) groups is 1. The number of ether oxygens (including phenoxy) is 1. The van der Waals surface area contributed by atoms with E-state index in [1.165, 1.54) is 12.3 Å². The van der Waals surface area contributed by atoms with Crippen LogP contribution in [0, 0.1) is 17.1 Å². The molecule has 148 valence electrons. The van der Waals surface area contributed by atoms with Gasteiger partial charge in [0.2, 0.25) is 0 Å². The molecule has 2 heterocycles. The van der Waals surface area contributed by atoms with Crippen molar-refractivity contribution in [3.63, 3.8) is 0 Å². The highest BCUT2D eigenvalue weighted by Crippen LogP contribution is 2.33. The van der Waals surface area contributed by atoms with Crippen molar-refractivity contribution in [3.05, 3.63) is 60.1 Å². The zero-order chi connectivity index (χ0) is 21.0. The summed E-state index contributed by atoms with van der Waals surface area (Å²) in [5.41, 5.74) is 0.477. The predicted molar refractivity (Wildman–Crippen MR) is 106 cm³/mol. The summed E-state index contributed by atoms with van der Waals surface area (Å²) in [7, 11) is 0. The van der Waals surface area contributed by atoms with E-state index in [1.807, 2.05) is 0 Å². The molecule has 29 heavy (non-hydrogen) atoms. The molecule has 6 nitrogen and oxygen atoms in total. The fourth-order valence-corrected chi connectivity index (χ4v) is 2.76. The van der Waals surface area contributed by atoms with Gasteiger partial charge in [0, 0.05) is 11.1 Å². The van der Waals surface area contributed by atoms with Crippen LogP contribution in [0.25, 0.3) is 22.6 Å². The second-order valence-electron chi connectivity index (χ2n) is 7.29. The third-order valence-electron chi connectivity index (χ3n) is 3.89. The third kappa shape index (κ3) is 4.79. The lowest BCUT2D eigenvalue weighted by atomic mass is 9.99. The van der Waals surface area contributed by atoms with Gasteiger partial charge in [-0.25, -0.2) is 9.37 Å². The van der Waals surface area contributed by atoms with E-state index in [-0.39, 0.29) is 23.5 Å². The Morgan fingerprint density at radius 1 is 1.24 bits per heavy atom. The molecule has 0 saturated heterocycles. The largest absolute Gasteiger partial charge is 0.463 e. The maximum Gasteiger partial charge on any atom is 0.325 e. The quantitative estimate of drug-likeness (QED) is 0.628. The van der Waals surface area contributed by atoms with Gasteiger partial charge < -0.3 is 14.5 Å². The Hall–Kier alpha value is -3.66. The molecule has 0 bridgehead atoms. The molecule has 3 aromatic rings. The Bertz CT molecular complexity index is 1060. The van der Waals surface area contributed by atoms with Crippen LogP contribution >= 0.6 is 0 Å². The summed E-state index contributed by atoms with van der Waals surface area (Å²) in [6, 6.07) is 13.2. The molecule has 0 unspecified atom stereocenters. The average molecular weight is 393 g/mol. The molecule has 0 aliphatic heterocycles. The molecule has 0 aliphatic carbocycles. The minimum atomic E-state index is -0.640. The van der Waals surface area contributed by atoms with Crippen molar-refractivity contribution in [1.29, 1.82) is 5.26 Å². The summed E-state index contributed by atoms with van der Waals surface area (Å²) in [5, 5.41) is 12.6. The van der Waals surface area contributed by atoms with E-state index in [4.69, 9.17) is 9.15 Å². The van der Waals surface area contributed by atoms with Gasteiger partial charge in [-0.1, -0.05) is 18.2 Å². The fraction of sp³-hybridized carbons (Fsp3) is 0.227. The first-order valence-corrected chi connectivity index (χ1v) is 8.98. The van der Waals surface area contributed by atoms with Gasteiger partial charge >= 0.3 is 5.97 Å². The molecule has 2 aromatic heterocycles. The van der Waals surface area contributed by atoms with E-state index in [0.717, 1.165) is 0 Å². The molecule has 0 aliphatic rings. The molecule has 0 fully saturated rings. The van der Waals surface area contributed by atoms with E-state index in [0.29, 0.717) is 17.0 Å². The van der Waals surface area contributed by atoms with E-state index >= 15 is 0 Å². The normalized spacial score (nSPS) is 11.0. The summed E-state index contributed by atoms with van der Waals surface area (Å²) in [6.45, 7) is 5.09. The number of rotatable bonds is 5. The number of pyridine rings is 1. The molecule has 0 radical (unpaired) electrons. The Morgan fingerprint density at radius 3 is 2.62 bits per heavy atom. The first-order chi connectivity index (χ1) is 13.8. The van der Waals surface area contributed by atoms with Crippen molar-refractivity contribution >= 4 is 11.8 Å². The Labute approximate surface area is 167 Å². The molecular weight excluding hydrogens is 373 g/mol. The molecule has 0 atom stereocenters. The number of nitriles is 1. The first kappa shape index (κ1) is 20.1. The van der Waals surface area contributed by atoms with Crippen LogP contribution in [0.15, 0.2) is 53.1 Å². The van der Waals surface area contributed by atoms with Gasteiger partial charge in [-0.05, 0) is 45.0 Å². The van der Waals surface area contributed by atoms with Gasteiger partial charge in [-0.3, -0.25) is 4.79 Å². The molecule has 1 aromatic carbocycles. The number of esters is 1. The van der Waals surface area contributed by atoms with Crippen molar-refractivity contribution in [3.8, 4) is 28.7 Å². The summed E-state index contributed by atoms with van der Waals surface area (Å²) in [6.07, 6.45) is 1.49. The number of halogens is 1. The first-order valence-electron chi connectivity index (χ1n) is 8.98. The SMILES string of the molecule is CC(C)(C)OC(=O)CNc1nc(-c2ccco2)cc(-c2ccccc2F)c1C#N. The van der Waals surface area contributed by atoms with Gasteiger partial charge in [0.25, 0.3) is 0 Å². The number of furan rings is 1. The van der Waals surface area contributed by atoms with Crippen LogP contribution in [0.4, 0.5) is 10.2 Å². The lowest BCUT2D eigenvalue weighted by Crippen LogP contribution is -2.28. The van der Waals surface area contributed by atoms with E-state index in [1.54, 1.807) is 57.2 Å². The standard InChI is InChI=1S/C22H20FN3O3/c1-22(2,3)29-20(27)13-25-21-16(12-24)15(14-7-4-5-8-17(14)23)11-18(26-21)19-9-6-10-28-19/h4-11H,13H2,1-3H3,(H,25,26). The maximum absolute atomic E-state index is 14.4. The molecular formula is C22H20FN3O3. The van der Waals surface area contributed by atoms with Crippen LogP contribution in [-0.4, -0.2) is 23.1 Å². The lowest BCUT2D eigenvalue weighted by Gasteiger charge is -2.20. The van der Waals surface area contributed by atoms with Gasteiger partial charge in [-0.15, -0.1) is 0 Å². The van der Waals surface area contributed by atoms with E-state index in [2.05, 4.69) is 16.4 Å². The van der Waals surface area contributed by atoms with Crippen molar-refractivity contribution in [2.45, 2.75) is 26.4 Å². The number of hydrogen-bond acceptors (Lipinski definition) is 6. The van der Waals surface area contributed by atoms with Crippen LogP contribution < -0.4 is 5.32 Å². The second kappa shape index (κ2) is 8.15. The van der Waals surface area contributed by atoms with Crippen molar-refractivity contribution in [2.24, 2.45) is 0 Å². The van der Waals surface area contributed by atoms with Crippen LogP contribution in [0.3, 0.4) is 0 Å². The van der Waals surface area contributed by atoms with Crippen LogP contribution in [0.5, 0.6) is 0 Å². The Balaban J connectivity index is 2.06. The maximum atomic E-state index is 14.4. The number of benzene rings is 1. The molecule has 7 heteroatoms. The minimum Gasteiger partial charge on any atom is -0.463 e. The zero-order valence-electron chi connectivity index (χ0n) is 16.3. The molecule has 1 N–H and O–H groups in total. The predicted octanol–water partition coefficient (Wildman–Crippen LogP) is 4.77. The molecule has 3 rings (SSSR count). The van der Waals surface area contributed by atoms with Crippen LogP contribution in [-0.2, 0) is 9.53 Å². The minimum absolute atomic E-state index is 0.119. The summed E-state index contributed by atoms with van der Waals surface area (Å²) in [4.78, 5) is 16.5. The van der Waals surface area contributed by atoms with E-state index in [9.17, 15) is 14.4 Å². The van der Waals surface area contributed by atoms with Crippen LogP contribution in [0.2, 0.25) is 0 Å². The summed E-state index contributed by atoms with van der Waals surface area (Å²) in [5.74, 6) is -0.379. The lowest BCUT2D eigenvalue weighted by molar-refractivity contribution is -0.152. The Morgan fingerprint density at radius 2 is 2.00 bits per heavy atom. The highest BCUT2D eigenvalue weighted by atomic mass is 19.1. The number of aromatic nitrogens is 1. The van der Waals surface area contributed by atoms with Gasteiger partial charge in [0.15, 0.2) is 5.76 Å². The number of anilines is 1. The zero-order valence-corrected chi connectivity index (χ0v) is 16.3. The smallest absolute Gasteiger partial charge is 0.325 e. The highest BCUT2D eigenvalue weighted by molar-refractivity contribution is 5.82. The number of nitrogens with zero attached hydrogens (tertiary/aromatic N) is 2. The highest BCUT2D eigenvalue weighted by Gasteiger charge is 2.20. The summed E-state index contributed by atoms with van der Waals surface area (Å²) >= 11 is 0. The monoisotopic (exact) mass is 393 g/mol. The van der Waals surface area contributed by atoms with Gasteiger partial charge in [0.1, 0.15) is 41.1 Å². The topological polar surface area (TPSA) is 88.2 Å². The number of hydrogen-bond donors (Lipinski definition) is 1. The van der Waals surface area contributed by atoms with Crippen LogP contribution in [0.1, 0.15) is 26.3 Å². The van der Waals surface area contributed by atoms with Crippen molar-refractivity contribution in [1.82, 2.24) is 4.98 Å². The second-order valence-corrected chi connectivity index (χ2v) is 7.29.